The van der Waals surface area contributed by atoms with Crippen LogP contribution >= 0.6 is 0 Å². The number of amides is 2. The number of sulfonamides is 1. The molecule has 11 heteroatoms. The summed E-state index contributed by atoms with van der Waals surface area (Å²) >= 11 is 0. The molecule has 2 amide bonds. The van der Waals surface area contributed by atoms with E-state index < -0.39 is 14.9 Å². The zero-order chi connectivity index (χ0) is 21.2. The highest BCUT2D eigenvalue weighted by molar-refractivity contribution is 7.89. The number of rotatable bonds is 6. The lowest BCUT2D eigenvalue weighted by molar-refractivity contribution is -0.385. The number of aryl methyl sites for hydroxylation is 1. The highest BCUT2D eigenvalue weighted by atomic mass is 32.2. The fraction of sp³-hybridized carbons (Fsp3) is 0.556. The second-order valence-electron chi connectivity index (χ2n) is 7.23. The zero-order valence-electron chi connectivity index (χ0n) is 16.2. The van der Waals surface area contributed by atoms with Gasteiger partial charge in [0.05, 0.1) is 9.82 Å². The zero-order valence-corrected chi connectivity index (χ0v) is 17.1. The first-order valence-electron chi connectivity index (χ1n) is 9.51. The van der Waals surface area contributed by atoms with Gasteiger partial charge in [-0.2, -0.15) is 4.31 Å². The molecule has 3 rings (SSSR count). The number of non-ortho nitro benzene ring substituents is 1. The van der Waals surface area contributed by atoms with Crippen molar-refractivity contribution in [1.82, 2.24) is 14.1 Å². The summed E-state index contributed by atoms with van der Waals surface area (Å²) in [4.78, 5) is 37.6. The van der Waals surface area contributed by atoms with Crippen LogP contribution in [0.4, 0.5) is 5.69 Å². The van der Waals surface area contributed by atoms with E-state index in [-0.39, 0.29) is 55.0 Å². The van der Waals surface area contributed by atoms with E-state index in [0.717, 1.165) is 12.5 Å². The third-order valence-corrected chi connectivity index (χ3v) is 7.40. The SMILES string of the molecule is Cc1ccc([N+](=O)[O-])cc1S(=O)(=O)N1CCN(C(=O)CCN2CCCC2=O)CC1. The van der Waals surface area contributed by atoms with Gasteiger partial charge in [0.1, 0.15) is 0 Å². The van der Waals surface area contributed by atoms with Crippen LogP contribution in [0.1, 0.15) is 24.8 Å². The Labute approximate surface area is 169 Å². The standard InChI is InChI=1S/C18H24N4O6S/c1-14-4-5-15(22(25)26)13-16(14)29(27,28)21-11-9-20(10-12-21)18(24)6-8-19-7-2-3-17(19)23/h4-5,13H,2-3,6-12H2,1H3. The maximum atomic E-state index is 13.0. The number of nitro benzene ring substituents is 1. The number of hydrogen-bond donors (Lipinski definition) is 0. The first-order valence-corrected chi connectivity index (χ1v) is 10.9. The molecule has 29 heavy (non-hydrogen) atoms. The third kappa shape index (κ3) is 4.56. The number of likely N-dealkylation sites (tertiary alicyclic amines) is 1. The summed E-state index contributed by atoms with van der Waals surface area (Å²) < 4.78 is 27.2. The van der Waals surface area contributed by atoms with Gasteiger partial charge in [-0.05, 0) is 18.9 Å². The minimum Gasteiger partial charge on any atom is -0.342 e. The predicted molar refractivity (Wildman–Crippen MR) is 104 cm³/mol. The maximum Gasteiger partial charge on any atom is 0.270 e. The Morgan fingerprint density at radius 2 is 1.86 bits per heavy atom. The number of nitro groups is 1. The molecule has 0 spiro atoms. The number of hydrogen-bond acceptors (Lipinski definition) is 6. The molecule has 2 aliphatic heterocycles. The van der Waals surface area contributed by atoms with E-state index in [4.69, 9.17) is 0 Å². The van der Waals surface area contributed by atoms with Crippen LogP contribution in [0.2, 0.25) is 0 Å². The van der Waals surface area contributed by atoms with Gasteiger partial charge in [0.15, 0.2) is 0 Å². The lowest BCUT2D eigenvalue weighted by atomic mass is 10.2. The molecule has 158 valence electrons. The fourth-order valence-corrected chi connectivity index (χ4v) is 5.29. The van der Waals surface area contributed by atoms with Crippen molar-refractivity contribution in [1.29, 1.82) is 0 Å². The molecule has 0 unspecified atom stereocenters. The molecule has 1 aromatic carbocycles. The monoisotopic (exact) mass is 424 g/mol. The number of piperazine rings is 1. The number of benzene rings is 1. The minimum absolute atomic E-state index is 0.0704. The second-order valence-corrected chi connectivity index (χ2v) is 9.13. The van der Waals surface area contributed by atoms with E-state index in [9.17, 15) is 28.1 Å². The number of carbonyl (C=O) groups excluding carboxylic acids is 2. The average Bonchev–Trinajstić information content (AvgIpc) is 3.11. The molecule has 2 fully saturated rings. The van der Waals surface area contributed by atoms with E-state index in [1.54, 1.807) is 16.7 Å². The number of nitrogens with zero attached hydrogens (tertiary/aromatic N) is 4. The Hall–Kier alpha value is -2.53. The Kier molecular flexibility index (Phi) is 6.18. The van der Waals surface area contributed by atoms with Crippen LogP contribution in [0.3, 0.4) is 0 Å². The molecule has 0 aliphatic carbocycles. The van der Waals surface area contributed by atoms with Gasteiger partial charge in [-0.15, -0.1) is 0 Å². The average molecular weight is 424 g/mol. The quantitative estimate of drug-likeness (QED) is 0.491. The number of carbonyl (C=O) groups is 2. The van der Waals surface area contributed by atoms with E-state index in [1.807, 2.05) is 0 Å². The Morgan fingerprint density at radius 3 is 2.45 bits per heavy atom. The van der Waals surface area contributed by atoms with Crippen molar-refractivity contribution in [3.05, 3.63) is 33.9 Å². The van der Waals surface area contributed by atoms with Crippen LogP contribution < -0.4 is 0 Å². The molecule has 1 aromatic rings. The van der Waals surface area contributed by atoms with Gasteiger partial charge in [0, 0.05) is 64.2 Å². The normalized spacial score (nSPS) is 18.3. The molecular weight excluding hydrogens is 400 g/mol. The molecule has 2 saturated heterocycles. The van der Waals surface area contributed by atoms with Crippen LogP contribution in [0.15, 0.2) is 23.1 Å². The summed E-state index contributed by atoms with van der Waals surface area (Å²) in [5.74, 6) is -0.0330. The lowest BCUT2D eigenvalue weighted by Gasteiger charge is -2.34. The third-order valence-electron chi connectivity index (χ3n) is 5.36. The van der Waals surface area contributed by atoms with Gasteiger partial charge < -0.3 is 9.80 Å². The Bertz CT molecular complexity index is 924. The van der Waals surface area contributed by atoms with Crippen LogP contribution in [-0.4, -0.2) is 78.5 Å². The predicted octanol–water partition coefficient (Wildman–Crippen LogP) is 0.749. The summed E-state index contributed by atoms with van der Waals surface area (Å²) in [7, 11) is -3.89. The molecule has 0 radical (unpaired) electrons. The van der Waals surface area contributed by atoms with Crippen LogP contribution in [-0.2, 0) is 19.6 Å². The van der Waals surface area contributed by atoms with Gasteiger partial charge in [-0.1, -0.05) is 6.07 Å². The molecule has 2 heterocycles. The van der Waals surface area contributed by atoms with E-state index in [0.29, 0.717) is 25.1 Å². The smallest absolute Gasteiger partial charge is 0.270 e. The summed E-state index contributed by atoms with van der Waals surface area (Å²) in [5.41, 5.74) is 0.156. The molecule has 0 atom stereocenters. The van der Waals surface area contributed by atoms with Crippen molar-refractivity contribution in [2.24, 2.45) is 0 Å². The van der Waals surface area contributed by atoms with Gasteiger partial charge in [-0.25, -0.2) is 8.42 Å². The van der Waals surface area contributed by atoms with Crippen molar-refractivity contribution < 1.29 is 22.9 Å². The van der Waals surface area contributed by atoms with Gasteiger partial charge in [0.2, 0.25) is 21.8 Å². The van der Waals surface area contributed by atoms with Gasteiger partial charge in [0.25, 0.3) is 5.69 Å². The van der Waals surface area contributed by atoms with E-state index >= 15 is 0 Å². The largest absolute Gasteiger partial charge is 0.342 e. The molecular formula is C18H24N4O6S. The van der Waals surface area contributed by atoms with Crippen molar-refractivity contribution in [3.8, 4) is 0 Å². The lowest BCUT2D eigenvalue weighted by Crippen LogP contribution is -2.51. The van der Waals surface area contributed by atoms with E-state index in [1.165, 1.54) is 16.4 Å². The summed E-state index contributed by atoms with van der Waals surface area (Å²) in [6.07, 6.45) is 1.57. The topological polar surface area (TPSA) is 121 Å². The Morgan fingerprint density at radius 1 is 1.17 bits per heavy atom. The summed E-state index contributed by atoms with van der Waals surface area (Å²) in [5, 5.41) is 11.0. The van der Waals surface area contributed by atoms with Crippen molar-refractivity contribution in [2.45, 2.75) is 31.1 Å². The van der Waals surface area contributed by atoms with Crippen LogP contribution in [0.25, 0.3) is 0 Å². The van der Waals surface area contributed by atoms with E-state index in [2.05, 4.69) is 0 Å². The summed E-state index contributed by atoms with van der Waals surface area (Å²) in [6.45, 7) is 3.41. The second kappa shape index (κ2) is 8.46. The molecule has 0 N–H and O–H groups in total. The Balaban J connectivity index is 1.61. The molecule has 10 nitrogen and oxygen atoms in total. The molecule has 2 aliphatic rings. The first kappa shape index (κ1) is 21.2. The highest BCUT2D eigenvalue weighted by Crippen LogP contribution is 2.25. The maximum absolute atomic E-state index is 13.0. The van der Waals surface area contributed by atoms with Crippen LogP contribution in [0, 0.1) is 17.0 Å². The highest BCUT2D eigenvalue weighted by Gasteiger charge is 2.32. The molecule has 0 saturated carbocycles. The molecule has 0 aromatic heterocycles. The van der Waals surface area contributed by atoms with Crippen molar-refractivity contribution in [3.63, 3.8) is 0 Å². The summed E-state index contributed by atoms with van der Waals surface area (Å²) in [6, 6.07) is 3.77. The minimum atomic E-state index is -3.89. The van der Waals surface area contributed by atoms with Crippen molar-refractivity contribution >= 4 is 27.5 Å². The first-order chi connectivity index (χ1) is 13.7. The van der Waals surface area contributed by atoms with Crippen LogP contribution in [0.5, 0.6) is 0 Å². The van der Waals surface area contributed by atoms with Gasteiger partial charge in [-0.3, -0.25) is 19.7 Å². The van der Waals surface area contributed by atoms with Crippen molar-refractivity contribution in [2.75, 3.05) is 39.3 Å². The van der Waals surface area contributed by atoms with Gasteiger partial charge >= 0.3 is 0 Å². The fourth-order valence-electron chi connectivity index (χ4n) is 3.63. The molecule has 0 bridgehead atoms.